The number of pyridine rings is 1. The van der Waals surface area contributed by atoms with Crippen molar-refractivity contribution < 1.29 is 18.0 Å². The molecule has 0 aliphatic heterocycles. The number of Topliss-reactive ketones (excluding diaryl/α,β-unsaturated/α-hetero) is 1. The van der Waals surface area contributed by atoms with Crippen LogP contribution in [0.4, 0.5) is 13.2 Å². The average Bonchev–Trinajstić information content (AvgIpc) is 2.13. The fraction of sp³-hybridized carbons (Fsp3) is 0.400. The SMILES string of the molecule is CC(=O)CCc1ccncc1C(F)(F)F. The van der Waals surface area contributed by atoms with Crippen molar-refractivity contribution in [2.75, 3.05) is 0 Å². The molecule has 15 heavy (non-hydrogen) atoms. The van der Waals surface area contributed by atoms with Gasteiger partial charge in [0, 0.05) is 18.8 Å². The van der Waals surface area contributed by atoms with E-state index in [9.17, 15) is 18.0 Å². The van der Waals surface area contributed by atoms with Crippen LogP contribution in [0.1, 0.15) is 24.5 Å². The normalized spacial score (nSPS) is 11.5. The first-order valence-corrected chi connectivity index (χ1v) is 4.41. The zero-order valence-corrected chi connectivity index (χ0v) is 8.14. The molecule has 0 aliphatic carbocycles. The summed E-state index contributed by atoms with van der Waals surface area (Å²) in [6.45, 7) is 1.36. The van der Waals surface area contributed by atoms with Crippen molar-refractivity contribution in [3.63, 3.8) is 0 Å². The van der Waals surface area contributed by atoms with Gasteiger partial charge < -0.3 is 4.79 Å². The first-order chi connectivity index (χ1) is 6.91. The number of halogens is 3. The molecular weight excluding hydrogens is 207 g/mol. The van der Waals surface area contributed by atoms with E-state index in [1.54, 1.807) is 0 Å². The van der Waals surface area contributed by atoms with Gasteiger partial charge >= 0.3 is 6.18 Å². The molecule has 0 bridgehead atoms. The van der Waals surface area contributed by atoms with E-state index in [0.29, 0.717) is 0 Å². The first-order valence-electron chi connectivity index (χ1n) is 4.41. The molecule has 0 aliphatic rings. The minimum Gasteiger partial charge on any atom is -0.300 e. The molecule has 0 spiro atoms. The number of ketones is 1. The third kappa shape index (κ3) is 3.34. The number of nitrogens with zero attached hydrogens (tertiary/aromatic N) is 1. The Morgan fingerprint density at radius 1 is 1.47 bits per heavy atom. The van der Waals surface area contributed by atoms with Crippen LogP contribution >= 0.6 is 0 Å². The number of aromatic nitrogens is 1. The predicted molar refractivity (Wildman–Crippen MR) is 48.2 cm³/mol. The summed E-state index contributed by atoms with van der Waals surface area (Å²) in [7, 11) is 0. The Morgan fingerprint density at radius 2 is 2.13 bits per heavy atom. The van der Waals surface area contributed by atoms with Crippen LogP contribution in [-0.4, -0.2) is 10.8 Å². The van der Waals surface area contributed by atoms with Crippen molar-refractivity contribution in [2.45, 2.75) is 25.9 Å². The average molecular weight is 217 g/mol. The summed E-state index contributed by atoms with van der Waals surface area (Å²) in [5.41, 5.74) is -0.640. The lowest BCUT2D eigenvalue weighted by molar-refractivity contribution is -0.138. The van der Waals surface area contributed by atoms with Gasteiger partial charge in [-0.05, 0) is 25.0 Å². The maximum Gasteiger partial charge on any atom is 0.418 e. The number of alkyl halides is 3. The number of hydrogen-bond acceptors (Lipinski definition) is 2. The zero-order chi connectivity index (χ0) is 11.5. The van der Waals surface area contributed by atoms with Gasteiger partial charge in [0.05, 0.1) is 5.56 Å². The number of hydrogen-bond donors (Lipinski definition) is 0. The third-order valence-corrected chi connectivity index (χ3v) is 1.96. The Hall–Kier alpha value is -1.39. The summed E-state index contributed by atoms with van der Waals surface area (Å²) < 4.78 is 37.3. The topological polar surface area (TPSA) is 30.0 Å². The van der Waals surface area contributed by atoms with Crippen LogP contribution in [0.2, 0.25) is 0 Å². The van der Waals surface area contributed by atoms with Crippen LogP contribution in [0.5, 0.6) is 0 Å². The number of carbonyl (C=O) groups excluding carboxylic acids is 1. The number of carbonyl (C=O) groups is 1. The van der Waals surface area contributed by atoms with Gasteiger partial charge in [0.1, 0.15) is 5.78 Å². The van der Waals surface area contributed by atoms with E-state index in [4.69, 9.17) is 0 Å². The molecule has 82 valence electrons. The Morgan fingerprint density at radius 3 is 2.67 bits per heavy atom. The largest absolute Gasteiger partial charge is 0.418 e. The van der Waals surface area contributed by atoms with Crippen molar-refractivity contribution >= 4 is 5.78 Å². The van der Waals surface area contributed by atoms with Gasteiger partial charge in [0.25, 0.3) is 0 Å². The van der Waals surface area contributed by atoms with E-state index < -0.39 is 11.7 Å². The summed E-state index contributed by atoms with van der Waals surface area (Å²) in [4.78, 5) is 14.1. The maximum atomic E-state index is 12.4. The third-order valence-electron chi connectivity index (χ3n) is 1.96. The molecule has 1 aromatic heterocycles. The molecule has 0 saturated carbocycles. The van der Waals surface area contributed by atoms with Gasteiger partial charge in [-0.3, -0.25) is 4.98 Å². The van der Waals surface area contributed by atoms with E-state index in [2.05, 4.69) is 4.98 Å². The Balaban J connectivity index is 2.92. The lowest BCUT2D eigenvalue weighted by atomic mass is 10.0. The molecule has 0 saturated heterocycles. The van der Waals surface area contributed by atoms with Gasteiger partial charge in [-0.2, -0.15) is 13.2 Å². The highest BCUT2D eigenvalue weighted by molar-refractivity contribution is 5.75. The number of aryl methyl sites for hydroxylation is 1. The molecular formula is C10H10F3NO. The number of rotatable bonds is 3. The van der Waals surface area contributed by atoms with E-state index in [-0.39, 0.29) is 24.2 Å². The molecule has 0 radical (unpaired) electrons. The van der Waals surface area contributed by atoms with Gasteiger partial charge in [0.15, 0.2) is 0 Å². The Labute approximate surface area is 85.1 Å². The van der Waals surface area contributed by atoms with E-state index in [1.807, 2.05) is 0 Å². The summed E-state index contributed by atoms with van der Waals surface area (Å²) in [6.07, 6.45) is -2.10. The smallest absolute Gasteiger partial charge is 0.300 e. The molecule has 2 nitrogen and oxygen atoms in total. The van der Waals surface area contributed by atoms with Crippen LogP contribution in [0, 0.1) is 0 Å². The minimum atomic E-state index is -4.40. The molecule has 0 fully saturated rings. The Kier molecular flexibility index (Phi) is 3.44. The summed E-state index contributed by atoms with van der Waals surface area (Å²) in [6, 6.07) is 1.30. The quantitative estimate of drug-likeness (QED) is 0.778. The summed E-state index contributed by atoms with van der Waals surface area (Å²) in [5, 5.41) is 0. The monoisotopic (exact) mass is 217 g/mol. The fourth-order valence-electron chi connectivity index (χ4n) is 1.21. The maximum absolute atomic E-state index is 12.4. The van der Waals surface area contributed by atoms with Crippen LogP contribution in [0.25, 0.3) is 0 Å². The van der Waals surface area contributed by atoms with Gasteiger partial charge in [-0.25, -0.2) is 0 Å². The molecule has 5 heteroatoms. The van der Waals surface area contributed by atoms with E-state index in [0.717, 1.165) is 6.20 Å². The second-order valence-corrected chi connectivity index (χ2v) is 3.23. The van der Waals surface area contributed by atoms with Gasteiger partial charge in [-0.15, -0.1) is 0 Å². The van der Waals surface area contributed by atoms with E-state index in [1.165, 1.54) is 19.2 Å². The molecule has 0 unspecified atom stereocenters. The molecule has 1 aromatic rings. The fourth-order valence-corrected chi connectivity index (χ4v) is 1.21. The van der Waals surface area contributed by atoms with Crippen molar-refractivity contribution in [2.24, 2.45) is 0 Å². The lowest BCUT2D eigenvalue weighted by Gasteiger charge is -2.10. The second kappa shape index (κ2) is 4.42. The first kappa shape index (κ1) is 11.7. The van der Waals surface area contributed by atoms with Gasteiger partial charge in [-0.1, -0.05) is 0 Å². The highest BCUT2D eigenvalue weighted by atomic mass is 19.4. The van der Waals surface area contributed by atoms with Crippen molar-refractivity contribution in [3.8, 4) is 0 Å². The van der Waals surface area contributed by atoms with Crippen molar-refractivity contribution in [1.29, 1.82) is 0 Å². The molecule has 0 amide bonds. The molecule has 0 atom stereocenters. The zero-order valence-electron chi connectivity index (χ0n) is 8.14. The van der Waals surface area contributed by atoms with Crippen LogP contribution < -0.4 is 0 Å². The van der Waals surface area contributed by atoms with E-state index >= 15 is 0 Å². The second-order valence-electron chi connectivity index (χ2n) is 3.23. The predicted octanol–water partition coefficient (Wildman–Crippen LogP) is 2.62. The van der Waals surface area contributed by atoms with Crippen LogP contribution in [-0.2, 0) is 17.4 Å². The van der Waals surface area contributed by atoms with Gasteiger partial charge in [0.2, 0.25) is 0 Å². The molecule has 0 N–H and O–H groups in total. The van der Waals surface area contributed by atoms with Crippen molar-refractivity contribution in [3.05, 3.63) is 29.6 Å². The van der Waals surface area contributed by atoms with Crippen LogP contribution in [0.3, 0.4) is 0 Å². The van der Waals surface area contributed by atoms with Crippen LogP contribution in [0.15, 0.2) is 18.5 Å². The summed E-state index contributed by atoms with van der Waals surface area (Å²) in [5.74, 6) is -0.125. The molecule has 0 aromatic carbocycles. The summed E-state index contributed by atoms with van der Waals surface area (Å²) >= 11 is 0. The standard InChI is InChI=1S/C10H10F3NO/c1-7(15)2-3-8-4-5-14-6-9(8)10(11,12)13/h4-6H,2-3H2,1H3. The van der Waals surface area contributed by atoms with Crippen molar-refractivity contribution in [1.82, 2.24) is 4.98 Å². The highest BCUT2D eigenvalue weighted by Crippen LogP contribution is 2.31. The molecule has 1 heterocycles. The molecule has 1 rings (SSSR count). The highest BCUT2D eigenvalue weighted by Gasteiger charge is 2.33. The lowest BCUT2D eigenvalue weighted by Crippen LogP contribution is -2.10. The minimum absolute atomic E-state index is 0.104. The Bertz CT molecular complexity index is 360.